The standard InChI is InChI=1S/C21H23N3O4S/c25-19(16-5-2-13-29-16)17-18(15-4-1-6-22-14-15)24(21(27)20(17)26)8-3-7-23-9-11-28-12-10-23/h1-2,4-6,13-14,18,26H,3,7-12H2/p+1/t18-/m0/s1. The molecule has 0 bridgehead atoms. The maximum atomic E-state index is 13.1. The van der Waals surface area contributed by atoms with Crippen LogP contribution < -0.4 is 4.90 Å². The second-order valence-corrected chi connectivity index (χ2v) is 8.17. The lowest BCUT2D eigenvalue weighted by Gasteiger charge is -2.28. The molecule has 0 aliphatic carbocycles. The molecule has 1 amide bonds. The summed E-state index contributed by atoms with van der Waals surface area (Å²) < 4.78 is 5.39. The fraction of sp³-hybridized carbons (Fsp3) is 0.381. The van der Waals surface area contributed by atoms with E-state index in [9.17, 15) is 14.7 Å². The van der Waals surface area contributed by atoms with Gasteiger partial charge in [-0.1, -0.05) is 12.1 Å². The van der Waals surface area contributed by atoms with Crippen LogP contribution in [0.2, 0.25) is 0 Å². The summed E-state index contributed by atoms with van der Waals surface area (Å²) in [5, 5.41) is 12.4. The van der Waals surface area contributed by atoms with Gasteiger partial charge in [-0.25, -0.2) is 0 Å². The Morgan fingerprint density at radius 3 is 2.83 bits per heavy atom. The largest absolute Gasteiger partial charge is 0.503 e. The van der Waals surface area contributed by atoms with Crippen LogP contribution in [-0.4, -0.2) is 66.1 Å². The third kappa shape index (κ3) is 4.10. The first-order valence-corrected chi connectivity index (χ1v) is 10.7. The number of quaternary nitrogens is 1. The summed E-state index contributed by atoms with van der Waals surface area (Å²) in [6.45, 7) is 4.84. The van der Waals surface area contributed by atoms with Gasteiger partial charge in [-0.2, -0.15) is 0 Å². The number of nitrogens with one attached hydrogen (secondary N) is 1. The van der Waals surface area contributed by atoms with Gasteiger partial charge in [0.15, 0.2) is 5.76 Å². The maximum absolute atomic E-state index is 13.1. The van der Waals surface area contributed by atoms with Crippen LogP contribution in [0.4, 0.5) is 0 Å². The monoisotopic (exact) mass is 414 g/mol. The number of rotatable bonds is 7. The van der Waals surface area contributed by atoms with E-state index in [1.807, 2.05) is 11.4 Å². The van der Waals surface area contributed by atoms with Crippen LogP contribution in [0.5, 0.6) is 0 Å². The summed E-state index contributed by atoms with van der Waals surface area (Å²) in [6.07, 6.45) is 4.08. The van der Waals surface area contributed by atoms with Crippen molar-refractivity contribution in [1.29, 1.82) is 0 Å². The molecule has 2 N–H and O–H groups in total. The summed E-state index contributed by atoms with van der Waals surface area (Å²) in [7, 11) is 0. The number of carbonyl (C=O) groups excluding carboxylic acids is 2. The number of pyridine rings is 1. The Kier molecular flexibility index (Phi) is 6.03. The summed E-state index contributed by atoms with van der Waals surface area (Å²) in [5.74, 6) is -1.24. The van der Waals surface area contributed by atoms with Gasteiger partial charge in [-0.3, -0.25) is 14.6 Å². The van der Waals surface area contributed by atoms with E-state index in [-0.39, 0.29) is 11.4 Å². The Balaban J connectivity index is 1.57. The maximum Gasteiger partial charge on any atom is 0.290 e. The molecule has 0 spiro atoms. The molecule has 0 radical (unpaired) electrons. The van der Waals surface area contributed by atoms with Crippen molar-refractivity contribution in [2.45, 2.75) is 12.5 Å². The molecule has 0 unspecified atom stereocenters. The minimum Gasteiger partial charge on any atom is -0.503 e. The van der Waals surface area contributed by atoms with Crippen molar-refractivity contribution in [3.8, 4) is 0 Å². The number of thiophene rings is 1. The average Bonchev–Trinajstić information content (AvgIpc) is 3.38. The Hall–Kier alpha value is -2.55. The highest BCUT2D eigenvalue weighted by molar-refractivity contribution is 7.12. The molecule has 2 aliphatic heterocycles. The minimum atomic E-state index is -0.620. The van der Waals surface area contributed by atoms with E-state index in [1.165, 1.54) is 16.2 Å². The lowest BCUT2D eigenvalue weighted by atomic mass is 9.96. The predicted molar refractivity (Wildman–Crippen MR) is 108 cm³/mol. The normalized spacial score (nSPS) is 20.5. The first-order chi connectivity index (χ1) is 14.2. The van der Waals surface area contributed by atoms with Gasteiger partial charge in [0.25, 0.3) is 5.91 Å². The zero-order valence-corrected chi connectivity index (χ0v) is 16.9. The summed E-state index contributed by atoms with van der Waals surface area (Å²) >= 11 is 1.30. The third-order valence-corrected chi connectivity index (χ3v) is 6.29. The zero-order chi connectivity index (χ0) is 20.2. The third-order valence-electron chi connectivity index (χ3n) is 5.42. The van der Waals surface area contributed by atoms with Crippen LogP contribution in [0.3, 0.4) is 0 Å². The predicted octanol–water partition coefficient (Wildman–Crippen LogP) is 1.03. The molecule has 0 aromatic carbocycles. The van der Waals surface area contributed by atoms with Gasteiger partial charge in [-0.15, -0.1) is 11.3 Å². The molecular formula is C21H24N3O4S+. The second-order valence-electron chi connectivity index (χ2n) is 7.22. The molecule has 0 saturated carbocycles. The van der Waals surface area contributed by atoms with Crippen molar-refractivity contribution in [3.63, 3.8) is 0 Å². The van der Waals surface area contributed by atoms with Crippen LogP contribution >= 0.6 is 11.3 Å². The number of morpholine rings is 1. The number of aromatic nitrogens is 1. The number of carbonyl (C=O) groups is 2. The molecule has 2 aromatic rings. The highest BCUT2D eigenvalue weighted by Crippen LogP contribution is 2.39. The Morgan fingerprint density at radius 1 is 1.31 bits per heavy atom. The van der Waals surface area contributed by atoms with Gasteiger partial charge in [0.1, 0.15) is 13.1 Å². The molecule has 1 saturated heterocycles. The van der Waals surface area contributed by atoms with Gasteiger partial charge in [0.05, 0.1) is 36.3 Å². The number of nitrogens with zero attached hydrogens (tertiary/aromatic N) is 2. The highest BCUT2D eigenvalue weighted by Gasteiger charge is 2.43. The fourth-order valence-electron chi connectivity index (χ4n) is 3.95. The summed E-state index contributed by atoms with van der Waals surface area (Å²) in [6, 6.07) is 6.49. The van der Waals surface area contributed by atoms with Crippen LogP contribution in [0.1, 0.15) is 27.7 Å². The van der Waals surface area contributed by atoms with E-state index in [0.717, 1.165) is 44.8 Å². The van der Waals surface area contributed by atoms with Gasteiger partial charge in [0.2, 0.25) is 5.78 Å². The Bertz CT molecular complexity index is 892. The molecule has 4 heterocycles. The number of hydrogen-bond acceptors (Lipinski definition) is 6. The SMILES string of the molecule is O=C(C1=C(O)C(=O)N(CCC[NH+]2CCOCC2)[C@H]1c1cccnc1)c1cccs1. The van der Waals surface area contributed by atoms with Crippen LogP contribution in [0.15, 0.2) is 53.4 Å². The molecular weight excluding hydrogens is 390 g/mol. The minimum absolute atomic E-state index is 0.143. The summed E-state index contributed by atoms with van der Waals surface area (Å²) in [4.78, 5) is 33.7. The van der Waals surface area contributed by atoms with Crippen molar-refractivity contribution >= 4 is 23.0 Å². The Morgan fingerprint density at radius 2 is 2.14 bits per heavy atom. The van der Waals surface area contributed by atoms with Gasteiger partial charge in [0, 0.05) is 25.4 Å². The van der Waals surface area contributed by atoms with Crippen molar-refractivity contribution in [1.82, 2.24) is 9.88 Å². The molecule has 2 aliphatic rings. The molecule has 152 valence electrons. The number of amides is 1. The quantitative estimate of drug-likeness (QED) is 0.661. The smallest absolute Gasteiger partial charge is 0.290 e. The lowest BCUT2D eigenvalue weighted by Crippen LogP contribution is -3.14. The number of aliphatic hydroxyl groups excluding tert-OH is 1. The van der Waals surface area contributed by atoms with Crippen molar-refractivity contribution < 1.29 is 24.3 Å². The molecule has 1 fully saturated rings. The Labute approximate surface area is 173 Å². The molecule has 2 aromatic heterocycles. The molecule has 8 heteroatoms. The first-order valence-electron chi connectivity index (χ1n) is 9.80. The van der Waals surface area contributed by atoms with E-state index in [2.05, 4.69) is 4.98 Å². The second kappa shape index (κ2) is 8.86. The lowest BCUT2D eigenvalue weighted by molar-refractivity contribution is -0.908. The van der Waals surface area contributed by atoms with Crippen molar-refractivity contribution in [2.24, 2.45) is 0 Å². The molecule has 4 rings (SSSR count). The number of Topliss-reactive ketones (excluding diaryl/α,β-unsaturated/α-hetero) is 1. The topological polar surface area (TPSA) is 84.2 Å². The van der Waals surface area contributed by atoms with Gasteiger partial charge in [-0.05, 0) is 23.1 Å². The van der Waals surface area contributed by atoms with Gasteiger partial charge >= 0.3 is 0 Å². The molecule has 7 nitrogen and oxygen atoms in total. The van der Waals surface area contributed by atoms with E-state index in [1.54, 1.807) is 35.5 Å². The highest BCUT2D eigenvalue weighted by atomic mass is 32.1. The van der Waals surface area contributed by atoms with Crippen LogP contribution in [0, 0.1) is 0 Å². The first kappa shape index (κ1) is 19.8. The number of aliphatic hydroxyl groups is 1. The van der Waals surface area contributed by atoms with Gasteiger partial charge < -0.3 is 19.6 Å². The average molecular weight is 415 g/mol. The number of ether oxygens (including phenoxy) is 1. The van der Waals surface area contributed by atoms with E-state index >= 15 is 0 Å². The van der Waals surface area contributed by atoms with E-state index in [4.69, 9.17) is 4.74 Å². The molecule has 1 atom stereocenters. The number of hydrogen-bond donors (Lipinski definition) is 2. The van der Waals surface area contributed by atoms with E-state index < -0.39 is 17.7 Å². The number of ketones is 1. The fourth-order valence-corrected chi connectivity index (χ4v) is 4.63. The molecule has 29 heavy (non-hydrogen) atoms. The van der Waals surface area contributed by atoms with Crippen LogP contribution in [0.25, 0.3) is 0 Å². The van der Waals surface area contributed by atoms with Crippen LogP contribution in [-0.2, 0) is 9.53 Å². The zero-order valence-electron chi connectivity index (χ0n) is 16.0. The van der Waals surface area contributed by atoms with Crippen molar-refractivity contribution in [2.75, 3.05) is 39.4 Å². The van der Waals surface area contributed by atoms with E-state index in [0.29, 0.717) is 11.4 Å². The summed E-state index contributed by atoms with van der Waals surface area (Å²) in [5.41, 5.74) is 0.868. The van der Waals surface area contributed by atoms with Crippen molar-refractivity contribution in [3.05, 3.63) is 63.8 Å².